The monoisotopic (exact) mass is 398 g/mol. The SMILES string of the molecule is C.C.C.CC(C)c1ccccc1.CCN(C(C)C)C1CCC1.[Y]. The van der Waals surface area contributed by atoms with E-state index in [1.54, 1.807) is 0 Å². The van der Waals surface area contributed by atoms with E-state index in [4.69, 9.17) is 0 Å². The van der Waals surface area contributed by atoms with Crippen molar-refractivity contribution in [2.45, 2.75) is 94.2 Å². The van der Waals surface area contributed by atoms with Crippen molar-refractivity contribution in [1.82, 2.24) is 4.90 Å². The fraction of sp³-hybridized carbons (Fsp3) is 0.714. The fourth-order valence-corrected chi connectivity index (χ4v) is 2.60. The van der Waals surface area contributed by atoms with Crippen LogP contribution in [0.4, 0.5) is 0 Å². The minimum absolute atomic E-state index is 0. The Labute approximate surface area is 173 Å². The van der Waals surface area contributed by atoms with Gasteiger partial charge in [0, 0.05) is 44.8 Å². The zero-order chi connectivity index (χ0) is 14.3. The molecule has 0 amide bonds. The number of benzene rings is 1. The van der Waals surface area contributed by atoms with Crippen LogP contribution in [-0.2, 0) is 32.7 Å². The van der Waals surface area contributed by atoms with Crippen LogP contribution in [0.1, 0.15) is 87.6 Å². The molecular formula is C21H43NY. The molecule has 0 heterocycles. The van der Waals surface area contributed by atoms with Crippen molar-refractivity contribution in [3.05, 3.63) is 35.9 Å². The summed E-state index contributed by atoms with van der Waals surface area (Å²) in [7, 11) is 0. The molecule has 1 aromatic rings. The van der Waals surface area contributed by atoms with E-state index in [1.807, 2.05) is 6.07 Å². The third-order valence-corrected chi connectivity index (χ3v) is 4.04. The molecule has 1 saturated carbocycles. The van der Waals surface area contributed by atoms with E-state index in [0.29, 0.717) is 5.92 Å². The van der Waals surface area contributed by atoms with Crippen LogP contribution < -0.4 is 0 Å². The van der Waals surface area contributed by atoms with Crippen LogP contribution in [0.2, 0.25) is 0 Å². The van der Waals surface area contributed by atoms with Crippen molar-refractivity contribution in [2.24, 2.45) is 0 Å². The molecule has 1 aliphatic rings. The van der Waals surface area contributed by atoms with E-state index in [9.17, 15) is 0 Å². The van der Waals surface area contributed by atoms with Gasteiger partial charge in [0.2, 0.25) is 0 Å². The van der Waals surface area contributed by atoms with Gasteiger partial charge >= 0.3 is 0 Å². The van der Waals surface area contributed by atoms with Gasteiger partial charge in [0.15, 0.2) is 0 Å². The van der Waals surface area contributed by atoms with Gasteiger partial charge in [-0.2, -0.15) is 0 Å². The van der Waals surface area contributed by atoms with Crippen molar-refractivity contribution < 1.29 is 32.7 Å². The zero-order valence-electron chi connectivity index (χ0n) is 14.0. The van der Waals surface area contributed by atoms with E-state index in [1.165, 1.54) is 31.4 Å². The van der Waals surface area contributed by atoms with Gasteiger partial charge in [-0.3, -0.25) is 4.90 Å². The topological polar surface area (TPSA) is 3.24 Å². The number of nitrogens with zero attached hydrogens (tertiary/aromatic N) is 1. The van der Waals surface area contributed by atoms with Crippen molar-refractivity contribution >= 4 is 0 Å². The molecule has 2 rings (SSSR count). The molecule has 0 N–H and O–H groups in total. The molecule has 1 aliphatic carbocycles. The first-order valence-corrected chi connectivity index (χ1v) is 7.86. The van der Waals surface area contributed by atoms with Gasteiger partial charge in [-0.05, 0) is 44.7 Å². The first-order valence-electron chi connectivity index (χ1n) is 7.86. The molecule has 0 aliphatic heterocycles. The zero-order valence-corrected chi connectivity index (χ0v) is 16.8. The van der Waals surface area contributed by atoms with Crippen LogP contribution in [0.25, 0.3) is 0 Å². The summed E-state index contributed by atoms with van der Waals surface area (Å²) in [6.07, 6.45) is 4.33. The predicted molar refractivity (Wildman–Crippen MR) is 106 cm³/mol. The molecule has 0 spiro atoms. The molecule has 2 heteroatoms. The predicted octanol–water partition coefficient (Wildman–Crippen LogP) is 6.99. The van der Waals surface area contributed by atoms with Crippen LogP contribution in [-0.4, -0.2) is 23.5 Å². The van der Waals surface area contributed by atoms with Crippen LogP contribution in [0.3, 0.4) is 0 Å². The van der Waals surface area contributed by atoms with Crippen LogP contribution in [0, 0.1) is 0 Å². The van der Waals surface area contributed by atoms with E-state index in [-0.39, 0.29) is 55.0 Å². The Morgan fingerprint density at radius 1 is 0.957 bits per heavy atom. The van der Waals surface area contributed by atoms with Gasteiger partial charge in [0.25, 0.3) is 0 Å². The summed E-state index contributed by atoms with van der Waals surface area (Å²) in [5.74, 6) is 0.659. The molecule has 0 saturated heterocycles. The van der Waals surface area contributed by atoms with Gasteiger partial charge in [0.1, 0.15) is 0 Å². The van der Waals surface area contributed by atoms with Gasteiger partial charge in [-0.1, -0.05) is 79.8 Å². The number of hydrogen-bond donors (Lipinski definition) is 0. The molecule has 23 heavy (non-hydrogen) atoms. The molecular weight excluding hydrogens is 355 g/mol. The number of hydrogen-bond acceptors (Lipinski definition) is 1. The number of rotatable bonds is 4. The average molecular weight is 398 g/mol. The Bertz CT molecular complexity index is 331. The van der Waals surface area contributed by atoms with Crippen molar-refractivity contribution in [3.8, 4) is 0 Å². The summed E-state index contributed by atoms with van der Waals surface area (Å²) in [6, 6.07) is 12.2. The second-order valence-corrected chi connectivity index (χ2v) is 6.07. The first kappa shape index (κ1) is 31.1. The Hall–Kier alpha value is 0.284. The molecule has 1 radical (unpaired) electrons. The van der Waals surface area contributed by atoms with E-state index in [2.05, 4.69) is 63.8 Å². The molecule has 0 unspecified atom stereocenters. The van der Waals surface area contributed by atoms with E-state index >= 15 is 0 Å². The molecule has 0 aromatic heterocycles. The minimum atomic E-state index is 0. The van der Waals surface area contributed by atoms with E-state index in [0.717, 1.165) is 12.1 Å². The van der Waals surface area contributed by atoms with Crippen LogP contribution in [0.5, 0.6) is 0 Å². The summed E-state index contributed by atoms with van der Waals surface area (Å²) in [5.41, 5.74) is 1.41. The third kappa shape index (κ3) is 11.5. The summed E-state index contributed by atoms with van der Waals surface area (Å²) >= 11 is 0. The Morgan fingerprint density at radius 3 is 1.61 bits per heavy atom. The normalized spacial score (nSPS) is 12.7. The van der Waals surface area contributed by atoms with Crippen molar-refractivity contribution in [2.75, 3.05) is 6.54 Å². The van der Waals surface area contributed by atoms with Crippen molar-refractivity contribution in [3.63, 3.8) is 0 Å². The second kappa shape index (κ2) is 17.1. The quantitative estimate of drug-likeness (QED) is 0.528. The van der Waals surface area contributed by atoms with Gasteiger partial charge < -0.3 is 0 Å². The Morgan fingerprint density at radius 2 is 1.43 bits per heavy atom. The third-order valence-electron chi connectivity index (χ3n) is 4.04. The molecule has 0 atom stereocenters. The Kier molecular flexibility index (Phi) is 23.1. The molecule has 0 bridgehead atoms. The summed E-state index contributed by atoms with van der Waals surface area (Å²) in [4.78, 5) is 2.60. The maximum atomic E-state index is 2.60. The summed E-state index contributed by atoms with van der Waals surface area (Å²) < 4.78 is 0. The molecule has 135 valence electrons. The molecule has 1 nitrogen and oxygen atoms in total. The standard InChI is InChI=1S/C9H19N.C9H12.3CH4.Y/c1-4-10(8(2)3)9-6-5-7-9;1-8(2)9-6-4-3-5-7-9;;;;/h8-9H,4-7H2,1-3H3;3-8H,1-2H3;3*1H4;. The smallest absolute Gasteiger partial charge is 0.00978 e. The van der Waals surface area contributed by atoms with Crippen LogP contribution in [0.15, 0.2) is 30.3 Å². The van der Waals surface area contributed by atoms with Gasteiger partial charge in [0.05, 0.1) is 0 Å². The molecule has 1 fully saturated rings. The summed E-state index contributed by atoms with van der Waals surface area (Å²) in [6.45, 7) is 12.5. The molecule has 1 aromatic carbocycles. The minimum Gasteiger partial charge on any atom is -0.298 e. The van der Waals surface area contributed by atoms with Crippen LogP contribution >= 0.6 is 0 Å². The second-order valence-electron chi connectivity index (χ2n) is 6.07. The van der Waals surface area contributed by atoms with Gasteiger partial charge in [-0.15, -0.1) is 0 Å². The summed E-state index contributed by atoms with van der Waals surface area (Å²) in [5, 5.41) is 0. The average Bonchev–Trinajstić information content (AvgIpc) is 2.35. The maximum Gasteiger partial charge on any atom is 0.00978 e. The van der Waals surface area contributed by atoms with Crippen molar-refractivity contribution in [1.29, 1.82) is 0 Å². The first-order chi connectivity index (χ1) is 9.06. The largest absolute Gasteiger partial charge is 0.298 e. The van der Waals surface area contributed by atoms with E-state index < -0.39 is 0 Å². The maximum absolute atomic E-state index is 2.60. The Balaban J connectivity index is -0.000000134. The fourth-order valence-electron chi connectivity index (χ4n) is 2.60. The van der Waals surface area contributed by atoms with Gasteiger partial charge in [-0.25, -0.2) is 0 Å².